The number of nitrogens with two attached hydrogens (primary N) is 1. The van der Waals surface area contributed by atoms with Gasteiger partial charge in [0.1, 0.15) is 0 Å². The molecule has 0 fully saturated rings. The number of hydrogen-bond donors (Lipinski definition) is 1. The molecule has 2 nitrogen and oxygen atoms in total. The quantitative estimate of drug-likeness (QED) is 0.208. The molecule has 4 aromatic rings. The summed E-state index contributed by atoms with van der Waals surface area (Å²) in [5, 5.41) is 0. The second kappa shape index (κ2) is 13.5. The first kappa shape index (κ1) is 24.8. The molecule has 0 unspecified atom stereocenters. The fraction of sp³-hybridized carbons (Fsp3) is 0.200. The Morgan fingerprint density at radius 2 is 0.706 bits per heavy atom. The SMILES string of the molecule is NCCN(P(Cc1ccccc1)Cc1ccccc1)P(Cc1ccccc1)Cc1ccccc1. The number of hydrogen-bond acceptors (Lipinski definition) is 2. The van der Waals surface area contributed by atoms with Crippen LogP contribution in [0.4, 0.5) is 0 Å². The van der Waals surface area contributed by atoms with Crippen LogP contribution in [-0.2, 0) is 24.6 Å². The lowest BCUT2D eigenvalue weighted by atomic mass is 10.2. The molecule has 34 heavy (non-hydrogen) atoms. The molecule has 0 heterocycles. The molecule has 4 aromatic carbocycles. The van der Waals surface area contributed by atoms with E-state index in [1.54, 1.807) is 0 Å². The Morgan fingerprint density at radius 3 is 0.941 bits per heavy atom. The highest BCUT2D eigenvalue weighted by Crippen LogP contribution is 2.62. The van der Waals surface area contributed by atoms with Crippen LogP contribution in [0.1, 0.15) is 22.3 Å². The largest absolute Gasteiger partial charge is 0.329 e. The van der Waals surface area contributed by atoms with E-state index in [4.69, 9.17) is 5.73 Å². The van der Waals surface area contributed by atoms with E-state index in [1.807, 2.05) is 0 Å². The van der Waals surface area contributed by atoms with E-state index in [0.29, 0.717) is 6.54 Å². The second-order valence-corrected chi connectivity index (χ2v) is 13.0. The van der Waals surface area contributed by atoms with E-state index in [0.717, 1.165) is 31.2 Å². The molecule has 0 aliphatic carbocycles. The second-order valence-electron chi connectivity index (χ2n) is 8.47. The maximum Gasteiger partial charge on any atom is 0.0185 e. The summed E-state index contributed by atoms with van der Waals surface area (Å²) in [5.74, 6) is 0. The molecule has 0 bridgehead atoms. The summed E-state index contributed by atoms with van der Waals surface area (Å²) in [4.78, 5) is 0. The van der Waals surface area contributed by atoms with Crippen LogP contribution in [0.5, 0.6) is 0 Å². The van der Waals surface area contributed by atoms with Gasteiger partial charge < -0.3 is 5.73 Å². The van der Waals surface area contributed by atoms with Gasteiger partial charge in [-0.1, -0.05) is 121 Å². The van der Waals surface area contributed by atoms with Crippen LogP contribution >= 0.6 is 16.1 Å². The number of rotatable bonds is 12. The molecule has 4 rings (SSSR count). The maximum atomic E-state index is 6.26. The van der Waals surface area contributed by atoms with Crippen molar-refractivity contribution in [2.24, 2.45) is 5.73 Å². The van der Waals surface area contributed by atoms with Crippen LogP contribution in [0.3, 0.4) is 0 Å². The van der Waals surface area contributed by atoms with Crippen molar-refractivity contribution in [2.45, 2.75) is 24.6 Å². The van der Waals surface area contributed by atoms with Gasteiger partial charge in [0.05, 0.1) is 0 Å². The van der Waals surface area contributed by atoms with E-state index >= 15 is 0 Å². The van der Waals surface area contributed by atoms with Crippen molar-refractivity contribution < 1.29 is 0 Å². The Labute approximate surface area is 207 Å². The van der Waals surface area contributed by atoms with Crippen molar-refractivity contribution in [3.8, 4) is 0 Å². The average molecular weight is 485 g/mol. The molecule has 0 saturated carbocycles. The summed E-state index contributed by atoms with van der Waals surface area (Å²) >= 11 is 0. The zero-order valence-electron chi connectivity index (χ0n) is 19.7. The van der Waals surface area contributed by atoms with Crippen LogP contribution in [0, 0.1) is 0 Å². The third-order valence-corrected chi connectivity index (χ3v) is 12.0. The Hall–Kier alpha value is -2.34. The fourth-order valence-electron chi connectivity index (χ4n) is 4.19. The standard InChI is InChI=1S/C30H34N2P2/c31-21-22-32(33(23-27-13-5-1-6-14-27)24-28-15-7-2-8-16-28)34(25-29-17-9-3-10-18-29)26-30-19-11-4-12-20-30/h1-20H,21-26,31H2. The van der Waals surface area contributed by atoms with Crippen molar-refractivity contribution in [3.05, 3.63) is 144 Å². The Morgan fingerprint density at radius 1 is 0.441 bits per heavy atom. The van der Waals surface area contributed by atoms with Crippen LogP contribution in [0.25, 0.3) is 0 Å². The average Bonchev–Trinajstić information content (AvgIpc) is 2.89. The molecule has 0 amide bonds. The van der Waals surface area contributed by atoms with E-state index in [9.17, 15) is 0 Å². The highest BCUT2D eigenvalue weighted by Gasteiger charge is 2.27. The minimum atomic E-state index is -0.432. The monoisotopic (exact) mass is 484 g/mol. The van der Waals surface area contributed by atoms with Gasteiger partial charge in [0.15, 0.2) is 0 Å². The van der Waals surface area contributed by atoms with Crippen LogP contribution in [0.2, 0.25) is 0 Å². The molecule has 0 spiro atoms. The summed E-state index contributed by atoms with van der Waals surface area (Å²) < 4.78 is 2.82. The normalized spacial score (nSPS) is 11.4. The Bertz CT molecular complexity index is 906. The highest BCUT2D eigenvalue weighted by atomic mass is 31.2. The first-order valence-electron chi connectivity index (χ1n) is 11.9. The molecule has 0 aliphatic rings. The lowest BCUT2D eigenvalue weighted by molar-refractivity contribution is 0.688. The smallest absolute Gasteiger partial charge is 0.0185 e. The molecule has 0 aliphatic heterocycles. The van der Waals surface area contributed by atoms with E-state index < -0.39 is 16.1 Å². The number of nitrogens with zero attached hydrogens (tertiary/aromatic N) is 1. The first-order valence-corrected chi connectivity index (χ1v) is 15.3. The number of benzene rings is 4. The Balaban J connectivity index is 1.68. The summed E-state index contributed by atoms with van der Waals surface area (Å²) in [6.07, 6.45) is 4.36. The van der Waals surface area contributed by atoms with E-state index in [-0.39, 0.29) is 0 Å². The zero-order chi connectivity index (χ0) is 23.4. The van der Waals surface area contributed by atoms with Gasteiger partial charge in [-0.25, -0.2) is 0 Å². The van der Waals surface area contributed by atoms with Gasteiger partial charge in [0.25, 0.3) is 0 Å². The van der Waals surface area contributed by atoms with E-state index in [2.05, 4.69) is 126 Å². The van der Waals surface area contributed by atoms with Crippen molar-refractivity contribution in [3.63, 3.8) is 0 Å². The third kappa shape index (κ3) is 7.59. The van der Waals surface area contributed by atoms with Gasteiger partial charge in [-0.2, -0.15) is 0 Å². The van der Waals surface area contributed by atoms with Crippen molar-refractivity contribution >= 4 is 16.1 Å². The van der Waals surface area contributed by atoms with Crippen LogP contribution in [-0.4, -0.2) is 17.5 Å². The zero-order valence-corrected chi connectivity index (χ0v) is 21.5. The molecule has 174 valence electrons. The molecule has 0 saturated heterocycles. The minimum absolute atomic E-state index is 0.432. The molecule has 0 radical (unpaired) electrons. The van der Waals surface area contributed by atoms with Gasteiger partial charge in [0.2, 0.25) is 0 Å². The predicted octanol–water partition coefficient (Wildman–Crippen LogP) is 7.84. The summed E-state index contributed by atoms with van der Waals surface area (Å²) in [7, 11) is -0.864. The fourth-order valence-corrected chi connectivity index (χ4v) is 10.6. The van der Waals surface area contributed by atoms with Crippen molar-refractivity contribution in [1.29, 1.82) is 0 Å². The van der Waals surface area contributed by atoms with Gasteiger partial charge in [-0.05, 0) is 38.4 Å². The lowest BCUT2D eigenvalue weighted by Crippen LogP contribution is -2.23. The highest BCUT2D eigenvalue weighted by molar-refractivity contribution is 7.68. The first-order chi connectivity index (χ1) is 16.8. The van der Waals surface area contributed by atoms with Crippen molar-refractivity contribution in [2.75, 3.05) is 13.1 Å². The molecule has 0 atom stereocenters. The molecular weight excluding hydrogens is 450 g/mol. The predicted molar refractivity (Wildman–Crippen MR) is 150 cm³/mol. The van der Waals surface area contributed by atoms with Gasteiger partial charge >= 0.3 is 0 Å². The van der Waals surface area contributed by atoms with Crippen molar-refractivity contribution in [1.82, 2.24) is 4.44 Å². The molecule has 0 aromatic heterocycles. The van der Waals surface area contributed by atoms with Gasteiger partial charge in [-0.15, -0.1) is 0 Å². The maximum absolute atomic E-state index is 6.26. The van der Waals surface area contributed by atoms with Gasteiger partial charge in [0, 0.05) is 37.7 Å². The lowest BCUT2D eigenvalue weighted by Gasteiger charge is -2.39. The summed E-state index contributed by atoms with van der Waals surface area (Å²) in [6, 6.07) is 43.9. The van der Waals surface area contributed by atoms with Gasteiger partial charge in [-0.3, -0.25) is 4.44 Å². The minimum Gasteiger partial charge on any atom is -0.329 e. The Kier molecular flexibility index (Phi) is 9.85. The van der Waals surface area contributed by atoms with E-state index in [1.165, 1.54) is 22.3 Å². The summed E-state index contributed by atoms with van der Waals surface area (Å²) in [5.41, 5.74) is 11.9. The molecule has 2 N–H and O–H groups in total. The molecular formula is C30H34N2P2. The van der Waals surface area contributed by atoms with Crippen LogP contribution < -0.4 is 5.73 Å². The molecule has 4 heteroatoms. The third-order valence-electron chi connectivity index (χ3n) is 5.81. The topological polar surface area (TPSA) is 29.3 Å². The summed E-state index contributed by atoms with van der Waals surface area (Å²) in [6.45, 7) is 1.63. The van der Waals surface area contributed by atoms with Crippen LogP contribution in [0.15, 0.2) is 121 Å².